The van der Waals surface area contributed by atoms with Gasteiger partial charge in [-0.3, -0.25) is 0 Å². The SMILES string of the molecule is CCCS(=O)(=O)c1cc(N)cc(F)c1. The summed E-state index contributed by atoms with van der Waals surface area (Å²) >= 11 is 0. The van der Waals surface area contributed by atoms with Crippen molar-refractivity contribution in [3.63, 3.8) is 0 Å². The molecule has 0 aromatic heterocycles. The highest BCUT2D eigenvalue weighted by molar-refractivity contribution is 7.91. The average molecular weight is 217 g/mol. The molecule has 0 unspecified atom stereocenters. The van der Waals surface area contributed by atoms with Gasteiger partial charge in [0.05, 0.1) is 10.6 Å². The summed E-state index contributed by atoms with van der Waals surface area (Å²) in [6, 6.07) is 3.35. The largest absolute Gasteiger partial charge is 0.399 e. The van der Waals surface area contributed by atoms with Crippen molar-refractivity contribution in [3.05, 3.63) is 24.0 Å². The van der Waals surface area contributed by atoms with Crippen molar-refractivity contribution in [2.24, 2.45) is 0 Å². The van der Waals surface area contributed by atoms with Crippen LogP contribution in [-0.4, -0.2) is 14.2 Å². The molecule has 1 rings (SSSR count). The fourth-order valence-corrected chi connectivity index (χ4v) is 2.53. The Balaban J connectivity index is 3.19. The van der Waals surface area contributed by atoms with Gasteiger partial charge in [-0.25, -0.2) is 12.8 Å². The molecule has 0 fully saturated rings. The summed E-state index contributed by atoms with van der Waals surface area (Å²) in [6.07, 6.45) is 0.499. The standard InChI is InChI=1S/C9H12FNO2S/c1-2-3-14(12,13)9-5-7(10)4-8(11)6-9/h4-6H,2-3,11H2,1H3. The molecule has 2 N–H and O–H groups in total. The first-order chi connectivity index (χ1) is 6.45. The Morgan fingerprint density at radius 3 is 2.50 bits per heavy atom. The number of nitrogen functional groups attached to an aromatic ring is 1. The van der Waals surface area contributed by atoms with Crippen LogP contribution in [0.3, 0.4) is 0 Å². The molecule has 0 heterocycles. The van der Waals surface area contributed by atoms with Crippen LogP contribution in [0.1, 0.15) is 13.3 Å². The molecular formula is C9H12FNO2S. The fourth-order valence-electron chi connectivity index (χ4n) is 1.15. The van der Waals surface area contributed by atoms with Crippen LogP contribution in [-0.2, 0) is 9.84 Å². The molecule has 0 spiro atoms. The monoisotopic (exact) mass is 217 g/mol. The first-order valence-corrected chi connectivity index (χ1v) is 5.90. The molecule has 3 nitrogen and oxygen atoms in total. The highest BCUT2D eigenvalue weighted by Crippen LogP contribution is 2.17. The second kappa shape index (κ2) is 3.96. The molecule has 78 valence electrons. The van der Waals surface area contributed by atoms with Crippen LogP contribution in [0.25, 0.3) is 0 Å². The van der Waals surface area contributed by atoms with Gasteiger partial charge < -0.3 is 5.73 Å². The molecule has 0 amide bonds. The van der Waals surface area contributed by atoms with Crippen LogP contribution in [0.5, 0.6) is 0 Å². The van der Waals surface area contributed by atoms with Gasteiger partial charge in [-0.05, 0) is 24.6 Å². The average Bonchev–Trinajstić information content (AvgIpc) is 2.02. The van der Waals surface area contributed by atoms with Crippen LogP contribution in [0.15, 0.2) is 23.1 Å². The van der Waals surface area contributed by atoms with Gasteiger partial charge in [0.2, 0.25) is 0 Å². The van der Waals surface area contributed by atoms with Crippen molar-refractivity contribution in [2.75, 3.05) is 11.5 Å². The molecule has 14 heavy (non-hydrogen) atoms. The lowest BCUT2D eigenvalue weighted by Gasteiger charge is -2.03. The van der Waals surface area contributed by atoms with E-state index in [2.05, 4.69) is 0 Å². The van der Waals surface area contributed by atoms with Gasteiger partial charge in [0.15, 0.2) is 9.84 Å². The van der Waals surface area contributed by atoms with E-state index < -0.39 is 15.7 Å². The topological polar surface area (TPSA) is 60.2 Å². The zero-order valence-corrected chi connectivity index (χ0v) is 8.64. The molecule has 0 aliphatic rings. The molecule has 1 aromatic rings. The predicted molar refractivity (Wildman–Crippen MR) is 53.2 cm³/mol. The minimum atomic E-state index is -3.38. The molecule has 5 heteroatoms. The van der Waals surface area contributed by atoms with Crippen LogP contribution in [0.4, 0.5) is 10.1 Å². The van der Waals surface area contributed by atoms with Crippen LogP contribution < -0.4 is 5.73 Å². The van der Waals surface area contributed by atoms with E-state index in [0.717, 1.165) is 12.1 Å². The van der Waals surface area contributed by atoms with Crippen molar-refractivity contribution >= 4 is 15.5 Å². The third-order valence-electron chi connectivity index (χ3n) is 1.73. The van der Waals surface area contributed by atoms with Crippen molar-refractivity contribution in [3.8, 4) is 0 Å². The minimum absolute atomic E-state index is 0.00981. The van der Waals surface area contributed by atoms with E-state index in [4.69, 9.17) is 5.73 Å². The second-order valence-corrected chi connectivity index (χ2v) is 5.15. The summed E-state index contributed by atoms with van der Waals surface area (Å²) in [5, 5.41) is 0. The Bertz CT molecular complexity index is 408. The van der Waals surface area contributed by atoms with E-state index in [9.17, 15) is 12.8 Å². The quantitative estimate of drug-likeness (QED) is 0.782. The number of nitrogens with two attached hydrogens (primary N) is 1. The first-order valence-electron chi connectivity index (χ1n) is 4.24. The number of anilines is 1. The molecule has 0 bridgehead atoms. The van der Waals surface area contributed by atoms with E-state index in [0.29, 0.717) is 6.42 Å². The summed E-state index contributed by atoms with van der Waals surface area (Å²) in [7, 11) is -3.38. The third-order valence-corrected chi connectivity index (χ3v) is 3.63. The highest BCUT2D eigenvalue weighted by atomic mass is 32.2. The van der Waals surface area contributed by atoms with Crippen LogP contribution in [0, 0.1) is 5.82 Å². The summed E-state index contributed by atoms with van der Waals surface area (Å²) in [6.45, 7) is 1.75. The molecule has 0 radical (unpaired) electrons. The Morgan fingerprint density at radius 1 is 1.36 bits per heavy atom. The van der Waals surface area contributed by atoms with E-state index >= 15 is 0 Å². The number of sulfone groups is 1. The number of benzene rings is 1. The number of rotatable bonds is 3. The zero-order chi connectivity index (χ0) is 10.8. The van der Waals surface area contributed by atoms with E-state index in [-0.39, 0.29) is 16.3 Å². The van der Waals surface area contributed by atoms with Gasteiger partial charge in [0.1, 0.15) is 5.82 Å². The van der Waals surface area contributed by atoms with Gasteiger partial charge in [-0.1, -0.05) is 6.92 Å². The van der Waals surface area contributed by atoms with Crippen molar-refractivity contribution in [2.45, 2.75) is 18.2 Å². The van der Waals surface area contributed by atoms with Gasteiger partial charge in [-0.2, -0.15) is 0 Å². The summed E-state index contributed by atoms with van der Waals surface area (Å²) in [5.41, 5.74) is 5.47. The molecule has 0 saturated heterocycles. The minimum Gasteiger partial charge on any atom is -0.399 e. The maximum absolute atomic E-state index is 12.9. The fraction of sp³-hybridized carbons (Fsp3) is 0.333. The van der Waals surface area contributed by atoms with Gasteiger partial charge >= 0.3 is 0 Å². The summed E-state index contributed by atoms with van der Waals surface area (Å²) in [4.78, 5) is -0.0446. The third kappa shape index (κ3) is 2.45. The molecular weight excluding hydrogens is 205 g/mol. The zero-order valence-electron chi connectivity index (χ0n) is 7.83. The Labute approximate surface area is 82.7 Å². The number of hydrogen-bond acceptors (Lipinski definition) is 3. The highest BCUT2D eigenvalue weighted by Gasteiger charge is 2.14. The number of hydrogen-bond donors (Lipinski definition) is 1. The molecule has 0 atom stereocenters. The first kappa shape index (κ1) is 11.0. The van der Waals surface area contributed by atoms with Crippen molar-refractivity contribution in [1.82, 2.24) is 0 Å². The van der Waals surface area contributed by atoms with Crippen molar-refractivity contribution < 1.29 is 12.8 Å². The van der Waals surface area contributed by atoms with Gasteiger partial charge in [-0.15, -0.1) is 0 Å². The number of halogens is 1. The Kier molecular flexibility index (Phi) is 3.10. The second-order valence-electron chi connectivity index (χ2n) is 3.04. The van der Waals surface area contributed by atoms with E-state index in [1.54, 1.807) is 6.92 Å². The smallest absolute Gasteiger partial charge is 0.178 e. The lowest BCUT2D eigenvalue weighted by molar-refractivity contribution is 0.590. The van der Waals surface area contributed by atoms with Crippen molar-refractivity contribution in [1.29, 1.82) is 0 Å². The van der Waals surface area contributed by atoms with E-state index in [1.807, 2.05) is 0 Å². The molecule has 0 aliphatic heterocycles. The van der Waals surface area contributed by atoms with E-state index in [1.165, 1.54) is 6.07 Å². The van der Waals surface area contributed by atoms with Crippen LogP contribution >= 0.6 is 0 Å². The molecule has 1 aromatic carbocycles. The predicted octanol–water partition coefficient (Wildman–Crippen LogP) is 1.59. The lowest BCUT2D eigenvalue weighted by Crippen LogP contribution is -2.06. The Morgan fingerprint density at radius 2 is 2.00 bits per heavy atom. The Hall–Kier alpha value is -1.10. The molecule has 0 saturated carbocycles. The maximum Gasteiger partial charge on any atom is 0.178 e. The normalized spacial score (nSPS) is 11.6. The summed E-state index contributed by atoms with van der Waals surface area (Å²) < 4.78 is 35.9. The summed E-state index contributed by atoms with van der Waals surface area (Å²) in [5.74, 6) is -0.615. The van der Waals surface area contributed by atoms with Gasteiger partial charge in [0.25, 0.3) is 0 Å². The maximum atomic E-state index is 12.9. The molecule has 0 aliphatic carbocycles. The van der Waals surface area contributed by atoms with Crippen LogP contribution in [0.2, 0.25) is 0 Å². The van der Waals surface area contributed by atoms with Gasteiger partial charge in [0, 0.05) is 5.69 Å². The lowest BCUT2D eigenvalue weighted by atomic mass is 10.3.